The largest absolute Gasteiger partial charge is 0.293 e. The maximum absolute atomic E-state index is 12.1. The van der Waals surface area contributed by atoms with E-state index < -0.39 is 0 Å². The molecule has 0 radical (unpaired) electrons. The highest BCUT2D eigenvalue weighted by Gasteiger charge is 2.20. The molecule has 1 heterocycles. The summed E-state index contributed by atoms with van der Waals surface area (Å²) in [5.74, 6) is 0.987. The predicted octanol–water partition coefficient (Wildman–Crippen LogP) is 3.67. The van der Waals surface area contributed by atoms with Gasteiger partial charge in [-0.15, -0.1) is 5.10 Å². The summed E-state index contributed by atoms with van der Waals surface area (Å²) in [4.78, 5) is 12.9. The van der Waals surface area contributed by atoms with Crippen LogP contribution < -0.4 is 0 Å². The van der Waals surface area contributed by atoms with E-state index in [9.17, 15) is 4.79 Å². The number of hydrogen-bond donors (Lipinski definition) is 0. The van der Waals surface area contributed by atoms with Crippen LogP contribution in [0.1, 0.15) is 68.2 Å². The SMILES string of the molecule is CCC(CC)CC(=O)c1snnc1C(C)C. The van der Waals surface area contributed by atoms with Crippen LogP contribution in [0.2, 0.25) is 0 Å². The predicted molar refractivity (Wildman–Crippen MR) is 67.0 cm³/mol. The number of carbonyl (C=O) groups excluding carboxylic acids is 1. The molecule has 0 aromatic carbocycles. The molecule has 16 heavy (non-hydrogen) atoms. The van der Waals surface area contributed by atoms with Gasteiger partial charge in [-0.25, -0.2) is 0 Å². The van der Waals surface area contributed by atoms with Crippen molar-refractivity contribution in [2.75, 3.05) is 0 Å². The summed E-state index contributed by atoms with van der Waals surface area (Å²) in [7, 11) is 0. The molecule has 0 N–H and O–H groups in total. The normalized spacial score (nSPS) is 11.4. The lowest BCUT2D eigenvalue weighted by Gasteiger charge is -2.10. The molecule has 1 rings (SSSR count). The Kier molecular flexibility index (Phi) is 5.06. The smallest absolute Gasteiger partial charge is 0.176 e. The number of aromatic nitrogens is 2. The quantitative estimate of drug-likeness (QED) is 0.712. The summed E-state index contributed by atoms with van der Waals surface area (Å²) in [5, 5.41) is 4.04. The third-order valence-electron chi connectivity index (χ3n) is 2.94. The average molecular weight is 240 g/mol. The van der Waals surface area contributed by atoms with Crippen LogP contribution in [0, 0.1) is 5.92 Å². The first-order valence-corrected chi connectivity index (χ1v) is 6.72. The Hall–Kier alpha value is -0.770. The lowest BCUT2D eigenvalue weighted by atomic mass is 9.95. The second kappa shape index (κ2) is 6.09. The van der Waals surface area contributed by atoms with Crippen LogP contribution in [0.3, 0.4) is 0 Å². The maximum Gasteiger partial charge on any atom is 0.176 e. The van der Waals surface area contributed by atoms with Gasteiger partial charge < -0.3 is 0 Å². The third-order valence-corrected chi connectivity index (χ3v) is 3.72. The van der Waals surface area contributed by atoms with E-state index in [0.29, 0.717) is 12.3 Å². The molecule has 0 amide bonds. The van der Waals surface area contributed by atoms with Crippen molar-refractivity contribution in [3.05, 3.63) is 10.6 Å². The minimum Gasteiger partial charge on any atom is -0.293 e. The van der Waals surface area contributed by atoms with E-state index >= 15 is 0 Å². The second-order valence-corrected chi connectivity index (χ2v) is 5.21. The molecule has 1 aromatic rings. The Labute approximate surface area is 101 Å². The minimum absolute atomic E-state index is 0.215. The summed E-state index contributed by atoms with van der Waals surface area (Å²) in [6.45, 7) is 8.36. The van der Waals surface area contributed by atoms with Gasteiger partial charge in [0.2, 0.25) is 0 Å². The van der Waals surface area contributed by atoms with Crippen molar-refractivity contribution in [1.82, 2.24) is 9.59 Å². The topological polar surface area (TPSA) is 42.9 Å². The number of ketones is 1. The molecule has 0 saturated carbocycles. The van der Waals surface area contributed by atoms with Crippen molar-refractivity contribution < 1.29 is 4.79 Å². The lowest BCUT2D eigenvalue weighted by Crippen LogP contribution is -2.08. The zero-order valence-corrected chi connectivity index (χ0v) is 11.3. The van der Waals surface area contributed by atoms with Crippen molar-refractivity contribution >= 4 is 17.3 Å². The fourth-order valence-electron chi connectivity index (χ4n) is 1.70. The Morgan fingerprint density at radius 1 is 1.31 bits per heavy atom. The minimum atomic E-state index is 0.215. The van der Waals surface area contributed by atoms with E-state index in [2.05, 4.69) is 23.4 Å². The van der Waals surface area contributed by atoms with Crippen LogP contribution in [-0.2, 0) is 0 Å². The Morgan fingerprint density at radius 2 is 1.94 bits per heavy atom. The molecular formula is C12H20N2OS. The fourth-order valence-corrected chi connectivity index (χ4v) is 2.47. The van der Waals surface area contributed by atoms with E-state index in [1.165, 1.54) is 11.5 Å². The average Bonchev–Trinajstić information content (AvgIpc) is 2.74. The van der Waals surface area contributed by atoms with Crippen LogP contribution in [0.5, 0.6) is 0 Å². The maximum atomic E-state index is 12.1. The third kappa shape index (κ3) is 3.11. The highest BCUT2D eigenvalue weighted by atomic mass is 32.1. The summed E-state index contributed by atoms with van der Waals surface area (Å²) in [6.07, 6.45) is 2.76. The van der Waals surface area contributed by atoms with Crippen molar-refractivity contribution in [2.45, 2.75) is 52.9 Å². The molecule has 0 aliphatic carbocycles. The first kappa shape index (κ1) is 13.3. The standard InChI is InChI=1S/C12H20N2OS/c1-5-9(6-2)7-10(15)12-11(8(3)4)13-14-16-12/h8-9H,5-7H2,1-4H3. The van der Waals surface area contributed by atoms with Crippen molar-refractivity contribution in [1.29, 1.82) is 0 Å². The van der Waals surface area contributed by atoms with Gasteiger partial charge in [0.1, 0.15) is 4.88 Å². The zero-order chi connectivity index (χ0) is 12.1. The highest BCUT2D eigenvalue weighted by molar-refractivity contribution is 7.08. The summed E-state index contributed by atoms with van der Waals surface area (Å²) in [5.41, 5.74) is 0.862. The van der Waals surface area contributed by atoms with Gasteiger partial charge >= 0.3 is 0 Å². The van der Waals surface area contributed by atoms with E-state index in [1.54, 1.807) is 0 Å². The van der Waals surface area contributed by atoms with Crippen molar-refractivity contribution in [2.24, 2.45) is 5.92 Å². The Morgan fingerprint density at radius 3 is 2.44 bits per heavy atom. The molecule has 0 unspecified atom stereocenters. The van der Waals surface area contributed by atoms with Crippen LogP contribution in [0.25, 0.3) is 0 Å². The van der Waals surface area contributed by atoms with Crippen LogP contribution in [0.15, 0.2) is 0 Å². The van der Waals surface area contributed by atoms with Gasteiger partial charge in [-0.3, -0.25) is 4.79 Å². The molecule has 0 spiro atoms. The number of carbonyl (C=O) groups is 1. The first-order valence-electron chi connectivity index (χ1n) is 5.95. The number of Topliss-reactive ketones (excluding diaryl/α,β-unsaturated/α-hetero) is 1. The second-order valence-electron chi connectivity index (χ2n) is 4.45. The number of nitrogens with zero attached hydrogens (tertiary/aromatic N) is 2. The van der Waals surface area contributed by atoms with Crippen molar-refractivity contribution in [3.63, 3.8) is 0 Å². The first-order chi connectivity index (χ1) is 7.60. The van der Waals surface area contributed by atoms with Crippen molar-refractivity contribution in [3.8, 4) is 0 Å². The molecule has 0 saturated heterocycles. The zero-order valence-electron chi connectivity index (χ0n) is 10.5. The van der Waals surface area contributed by atoms with Gasteiger partial charge in [-0.05, 0) is 23.4 Å². The highest BCUT2D eigenvalue weighted by Crippen LogP contribution is 2.24. The van der Waals surface area contributed by atoms with E-state index in [-0.39, 0.29) is 11.7 Å². The molecule has 0 aliphatic rings. The molecule has 1 aromatic heterocycles. The monoisotopic (exact) mass is 240 g/mol. The van der Waals surface area contributed by atoms with Gasteiger partial charge in [-0.1, -0.05) is 45.0 Å². The van der Waals surface area contributed by atoms with Gasteiger partial charge in [-0.2, -0.15) is 0 Å². The summed E-state index contributed by atoms with van der Waals surface area (Å²) in [6, 6.07) is 0. The number of rotatable bonds is 6. The Balaban J connectivity index is 2.76. The van der Waals surface area contributed by atoms with Crippen LogP contribution in [0.4, 0.5) is 0 Å². The van der Waals surface area contributed by atoms with Crippen LogP contribution in [-0.4, -0.2) is 15.4 Å². The van der Waals surface area contributed by atoms with E-state index in [0.717, 1.165) is 23.4 Å². The van der Waals surface area contributed by atoms with E-state index in [1.807, 2.05) is 13.8 Å². The molecule has 0 bridgehead atoms. The molecule has 3 nitrogen and oxygen atoms in total. The van der Waals surface area contributed by atoms with Gasteiger partial charge in [0, 0.05) is 6.42 Å². The summed E-state index contributed by atoms with van der Waals surface area (Å²) >= 11 is 1.24. The van der Waals surface area contributed by atoms with Gasteiger partial charge in [0.05, 0.1) is 5.69 Å². The molecule has 4 heteroatoms. The molecule has 0 atom stereocenters. The Bertz CT molecular complexity index is 343. The lowest BCUT2D eigenvalue weighted by molar-refractivity contribution is 0.0961. The van der Waals surface area contributed by atoms with Gasteiger partial charge in [0.15, 0.2) is 5.78 Å². The van der Waals surface area contributed by atoms with Gasteiger partial charge in [0.25, 0.3) is 0 Å². The molecule has 0 fully saturated rings. The fraction of sp³-hybridized carbons (Fsp3) is 0.750. The molecule has 90 valence electrons. The van der Waals surface area contributed by atoms with Crippen LogP contribution >= 0.6 is 11.5 Å². The number of hydrogen-bond acceptors (Lipinski definition) is 4. The molecule has 0 aliphatic heterocycles. The molecular weight excluding hydrogens is 220 g/mol. The van der Waals surface area contributed by atoms with E-state index in [4.69, 9.17) is 0 Å². The summed E-state index contributed by atoms with van der Waals surface area (Å²) < 4.78 is 3.89.